The number of nitro groups is 1. The van der Waals surface area contributed by atoms with E-state index in [9.17, 15) is 19.7 Å². The number of nitro benzene ring substituents is 1. The Labute approximate surface area is 145 Å². The third-order valence-corrected chi connectivity index (χ3v) is 4.75. The Balaban J connectivity index is 1.51. The zero-order chi connectivity index (χ0) is 18.0. The lowest BCUT2D eigenvalue weighted by Crippen LogP contribution is -2.50. The monoisotopic (exact) mass is 346 g/mol. The maximum Gasteiger partial charge on any atom is 0.274 e. The fraction of sp³-hybridized carbons (Fsp3) is 0.529. The van der Waals surface area contributed by atoms with E-state index in [1.807, 2.05) is 9.80 Å². The predicted octanol–water partition coefficient (Wildman–Crippen LogP) is 1.40. The van der Waals surface area contributed by atoms with E-state index < -0.39 is 4.92 Å². The lowest BCUT2D eigenvalue weighted by Gasteiger charge is -2.34. The first-order valence-corrected chi connectivity index (χ1v) is 8.50. The van der Waals surface area contributed by atoms with Crippen LogP contribution >= 0.6 is 0 Å². The van der Waals surface area contributed by atoms with Gasteiger partial charge in [0, 0.05) is 38.2 Å². The van der Waals surface area contributed by atoms with Crippen molar-refractivity contribution in [3.8, 4) is 0 Å². The molecule has 8 heteroatoms. The van der Waals surface area contributed by atoms with Crippen molar-refractivity contribution in [2.45, 2.75) is 19.8 Å². The summed E-state index contributed by atoms with van der Waals surface area (Å²) in [6, 6.07) is 4.64. The predicted molar refractivity (Wildman–Crippen MR) is 92.2 cm³/mol. The van der Waals surface area contributed by atoms with Gasteiger partial charge >= 0.3 is 0 Å². The summed E-state index contributed by atoms with van der Waals surface area (Å²) < 4.78 is 0. The standard InChI is InChI=1S/C17H22N4O4/c1-12-14(3-2-4-15(12)21(24)25)18-16(22)11-19-7-9-20(10-8-19)17(23)13-5-6-13/h2-4,13H,5-11H2,1H3,(H,18,22). The highest BCUT2D eigenvalue weighted by molar-refractivity contribution is 5.93. The van der Waals surface area contributed by atoms with E-state index in [0.29, 0.717) is 37.4 Å². The maximum atomic E-state index is 12.2. The number of hydrogen-bond donors (Lipinski definition) is 1. The minimum Gasteiger partial charge on any atom is -0.340 e. The minimum absolute atomic E-state index is 0.00926. The second-order valence-electron chi connectivity index (χ2n) is 6.63. The van der Waals surface area contributed by atoms with Crippen molar-refractivity contribution >= 4 is 23.2 Å². The van der Waals surface area contributed by atoms with Crippen molar-refractivity contribution in [3.63, 3.8) is 0 Å². The van der Waals surface area contributed by atoms with Crippen LogP contribution in [0.15, 0.2) is 18.2 Å². The summed E-state index contributed by atoms with van der Waals surface area (Å²) in [5, 5.41) is 13.7. The van der Waals surface area contributed by atoms with Crippen molar-refractivity contribution < 1.29 is 14.5 Å². The van der Waals surface area contributed by atoms with Crippen LogP contribution in [0.2, 0.25) is 0 Å². The number of carbonyl (C=O) groups is 2. The fourth-order valence-corrected chi connectivity index (χ4v) is 3.06. The molecule has 2 amide bonds. The molecule has 1 saturated heterocycles. The van der Waals surface area contributed by atoms with Gasteiger partial charge in [-0.05, 0) is 25.8 Å². The molecule has 1 aromatic rings. The molecule has 8 nitrogen and oxygen atoms in total. The maximum absolute atomic E-state index is 12.2. The van der Waals surface area contributed by atoms with Gasteiger partial charge in [-0.1, -0.05) is 6.07 Å². The van der Waals surface area contributed by atoms with Crippen molar-refractivity contribution in [2.24, 2.45) is 5.92 Å². The summed E-state index contributed by atoms with van der Waals surface area (Å²) >= 11 is 0. The second kappa shape index (κ2) is 7.18. The van der Waals surface area contributed by atoms with E-state index in [2.05, 4.69) is 5.32 Å². The van der Waals surface area contributed by atoms with Gasteiger partial charge in [0.15, 0.2) is 0 Å². The Kier molecular flexibility index (Phi) is 4.98. The number of hydrogen-bond acceptors (Lipinski definition) is 5. The summed E-state index contributed by atoms with van der Waals surface area (Å²) in [7, 11) is 0. The number of piperazine rings is 1. The van der Waals surface area contributed by atoms with Crippen LogP contribution in [0.5, 0.6) is 0 Å². The molecule has 1 aromatic carbocycles. The Hall–Kier alpha value is -2.48. The third kappa shape index (κ3) is 4.14. The van der Waals surface area contributed by atoms with Gasteiger partial charge in [-0.25, -0.2) is 0 Å². The molecule has 2 fully saturated rings. The summed E-state index contributed by atoms with van der Waals surface area (Å²) in [6.07, 6.45) is 2.01. The highest BCUT2D eigenvalue weighted by Crippen LogP contribution is 2.31. The van der Waals surface area contributed by atoms with Crippen molar-refractivity contribution in [1.29, 1.82) is 0 Å². The van der Waals surface area contributed by atoms with Crippen molar-refractivity contribution in [1.82, 2.24) is 9.80 Å². The molecule has 1 N–H and O–H groups in total. The van der Waals surface area contributed by atoms with Crippen LogP contribution in [0.25, 0.3) is 0 Å². The molecule has 0 spiro atoms. The van der Waals surface area contributed by atoms with Crippen LogP contribution in [-0.2, 0) is 9.59 Å². The highest BCUT2D eigenvalue weighted by Gasteiger charge is 2.34. The van der Waals surface area contributed by atoms with Gasteiger partial charge in [-0.15, -0.1) is 0 Å². The van der Waals surface area contributed by atoms with Gasteiger partial charge < -0.3 is 10.2 Å². The molecule has 1 heterocycles. The number of anilines is 1. The van der Waals surface area contributed by atoms with Gasteiger partial charge in [-0.2, -0.15) is 0 Å². The molecule has 134 valence electrons. The van der Waals surface area contributed by atoms with E-state index in [1.54, 1.807) is 19.1 Å². The van der Waals surface area contributed by atoms with Gasteiger partial charge in [0.1, 0.15) is 0 Å². The Morgan fingerprint density at radius 3 is 2.52 bits per heavy atom. The SMILES string of the molecule is Cc1c(NC(=O)CN2CCN(C(=O)C3CC3)CC2)cccc1[N+](=O)[O-]. The van der Waals surface area contributed by atoms with E-state index in [4.69, 9.17) is 0 Å². The average molecular weight is 346 g/mol. The topological polar surface area (TPSA) is 95.8 Å². The average Bonchev–Trinajstić information content (AvgIpc) is 3.41. The largest absolute Gasteiger partial charge is 0.340 e. The van der Waals surface area contributed by atoms with E-state index >= 15 is 0 Å². The van der Waals surface area contributed by atoms with Crippen molar-refractivity contribution in [3.05, 3.63) is 33.9 Å². The smallest absolute Gasteiger partial charge is 0.274 e. The van der Waals surface area contributed by atoms with E-state index in [-0.39, 0.29) is 30.0 Å². The summed E-state index contributed by atoms with van der Waals surface area (Å²) in [5.74, 6) is 0.272. The van der Waals surface area contributed by atoms with Crippen LogP contribution < -0.4 is 5.32 Å². The lowest BCUT2D eigenvalue weighted by molar-refractivity contribution is -0.385. The molecule has 1 aliphatic carbocycles. The second-order valence-corrected chi connectivity index (χ2v) is 6.63. The van der Waals surface area contributed by atoms with Crippen LogP contribution in [0.3, 0.4) is 0 Å². The Morgan fingerprint density at radius 2 is 1.92 bits per heavy atom. The summed E-state index contributed by atoms with van der Waals surface area (Å²) in [5.41, 5.74) is 0.896. The molecule has 0 unspecified atom stereocenters. The quantitative estimate of drug-likeness (QED) is 0.642. The molecule has 25 heavy (non-hydrogen) atoms. The van der Waals surface area contributed by atoms with E-state index in [1.165, 1.54) is 6.07 Å². The summed E-state index contributed by atoms with van der Waals surface area (Å²) in [6.45, 7) is 4.47. The number of benzene rings is 1. The first-order valence-electron chi connectivity index (χ1n) is 8.50. The molecular formula is C17H22N4O4. The number of rotatable bonds is 5. The Bertz CT molecular complexity index is 694. The molecule has 1 saturated carbocycles. The zero-order valence-electron chi connectivity index (χ0n) is 14.2. The molecule has 0 bridgehead atoms. The number of carbonyl (C=O) groups excluding carboxylic acids is 2. The highest BCUT2D eigenvalue weighted by atomic mass is 16.6. The van der Waals surface area contributed by atoms with Crippen LogP contribution in [-0.4, -0.2) is 59.3 Å². The minimum atomic E-state index is -0.457. The molecule has 2 aliphatic rings. The van der Waals surface area contributed by atoms with Crippen molar-refractivity contribution in [2.75, 3.05) is 38.0 Å². The number of nitrogens with zero attached hydrogens (tertiary/aromatic N) is 3. The van der Waals surface area contributed by atoms with Gasteiger partial charge in [-0.3, -0.25) is 24.6 Å². The molecule has 0 radical (unpaired) electrons. The van der Waals surface area contributed by atoms with Crippen LogP contribution in [0, 0.1) is 23.0 Å². The first-order chi connectivity index (χ1) is 12.0. The molecule has 0 atom stereocenters. The first kappa shape index (κ1) is 17.3. The van der Waals surface area contributed by atoms with Gasteiger partial charge in [0.25, 0.3) is 5.69 Å². The molecule has 0 aromatic heterocycles. The van der Waals surface area contributed by atoms with Gasteiger partial charge in [0.2, 0.25) is 11.8 Å². The van der Waals surface area contributed by atoms with E-state index in [0.717, 1.165) is 12.8 Å². The van der Waals surface area contributed by atoms with Gasteiger partial charge in [0.05, 0.1) is 22.7 Å². The van der Waals surface area contributed by atoms with Crippen LogP contribution in [0.4, 0.5) is 11.4 Å². The summed E-state index contributed by atoms with van der Waals surface area (Å²) in [4.78, 5) is 38.7. The number of amides is 2. The normalized spacial score (nSPS) is 18.0. The Morgan fingerprint density at radius 1 is 1.24 bits per heavy atom. The molecular weight excluding hydrogens is 324 g/mol. The molecule has 1 aliphatic heterocycles. The van der Waals surface area contributed by atoms with Crippen LogP contribution in [0.1, 0.15) is 18.4 Å². The number of nitrogens with one attached hydrogen (secondary N) is 1. The zero-order valence-corrected chi connectivity index (χ0v) is 14.2. The fourth-order valence-electron chi connectivity index (χ4n) is 3.06. The molecule has 3 rings (SSSR count). The third-order valence-electron chi connectivity index (χ3n) is 4.75. The lowest BCUT2D eigenvalue weighted by atomic mass is 10.1.